The minimum atomic E-state index is 0.138. The molecule has 3 nitrogen and oxygen atoms in total. The highest BCUT2D eigenvalue weighted by Gasteiger charge is 2.20. The highest BCUT2D eigenvalue weighted by Crippen LogP contribution is 2.24. The van der Waals surface area contributed by atoms with Gasteiger partial charge >= 0.3 is 0 Å². The van der Waals surface area contributed by atoms with E-state index in [9.17, 15) is 4.79 Å². The fourth-order valence-corrected chi connectivity index (χ4v) is 3.07. The van der Waals surface area contributed by atoms with Crippen molar-refractivity contribution in [1.82, 2.24) is 9.88 Å². The van der Waals surface area contributed by atoms with Gasteiger partial charge in [0.25, 0.3) is 5.56 Å². The molecule has 0 bridgehead atoms. The van der Waals surface area contributed by atoms with Crippen LogP contribution in [0.2, 0.25) is 0 Å². The number of benzene rings is 1. The normalized spacial score (nSPS) is 19.6. The van der Waals surface area contributed by atoms with Crippen molar-refractivity contribution in [3.05, 3.63) is 44.7 Å². The smallest absolute Gasteiger partial charge is 0.254 e. The zero-order valence-electron chi connectivity index (χ0n) is 10.2. The van der Waals surface area contributed by atoms with E-state index in [1.165, 1.54) is 0 Å². The fraction of sp³-hybridized carbons (Fsp3) is 0.357. The minimum Gasteiger partial charge on any atom is -0.316 e. The summed E-state index contributed by atoms with van der Waals surface area (Å²) >= 11 is 3.48. The number of pyridine rings is 1. The summed E-state index contributed by atoms with van der Waals surface area (Å²) in [7, 11) is 1.85. The highest BCUT2D eigenvalue weighted by atomic mass is 79.9. The van der Waals surface area contributed by atoms with E-state index in [0.29, 0.717) is 5.92 Å². The molecule has 1 saturated heterocycles. The van der Waals surface area contributed by atoms with Crippen LogP contribution in [-0.2, 0) is 7.05 Å². The van der Waals surface area contributed by atoms with Gasteiger partial charge in [0.15, 0.2) is 0 Å². The lowest BCUT2D eigenvalue weighted by Gasteiger charge is -2.13. The number of hydrogen-bond donors (Lipinski definition) is 1. The standard InChI is InChI=1S/C14H15BrN2O/c1-17-13-3-2-11(15)6-10(13)7-12(14(17)18)9-4-5-16-8-9/h2-3,6-7,9,16H,4-5,8H2,1H3. The number of hydrogen-bond acceptors (Lipinski definition) is 2. The Bertz CT molecular complexity index is 657. The molecule has 1 N–H and O–H groups in total. The summed E-state index contributed by atoms with van der Waals surface area (Å²) < 4.78 is 2.80. The van der Waals surface area contributed by atoms with E-state index in [1.54, 1.807) is 4.57 Å². The van der Waals surface area contributed by atoms with E-state index in [1.807, 2.05) is 19.2 Å². The van der Waals surface area contributed by atoms with Crippen LogP contribution in [0.3, 0.4) is 0 Å². The maximum Gasteiger partial charge on any atom is 0.254 e. The SMILES string of the molecule is Cn1c(=O)c(C2CCNC2)cc2cc(Br)ccc21. The number of nitrogens with zero attached hydrogens (tertiary/aromatic N) is 1. The van der Waals surface area contributed by atoms with Crippen LogP contribution in [0, 0.1) is 0 Å². The Labute approximate surface area is 114 Å². The van der Waals surface area contributed by atoms with Crippen LogP contribution in [0.1, 0.15) is 17.9 Å². The third-order valence-electron chi connectivity index (χ3n) is 3.71. The molecule has 1 aliphatic rings. The van der Waals surface area contributed by atoms with Gasteiger partial charge < -0.3 is 9.88 Å². The average Bonchev–Trinajstić information content (AvgIpc) is 2.87. The Morgan fingerprint density at radius 1 is 1.39 bits per heavy atom. The number of rotatable bonds is 1. The number of aryl methyl sites for hydroxylation is 1. The van der Waals surface area contributed by atoms with Crippen molar-refractivity contribution in [1.29, 1.82) is 0 Å². The third kappa shape index (κ3) is 1.89. The summed E-state index contributed by atoms with van der Waals surface area (Å²) in [5, 5.41) is 4.44. The van der Waals surface area contributed by atoms with Gasteiger partial charge in [-0.2, -0.15) is 0 Å². The second-order valence-electron chi connectivity index (χ2n) is 4.86. The largest absolute Gasteiger partial charge is 0.316 e. The lowest BCUT2D eigenvalue weighted by Crippen LogP contribution is -2.24. The molecule has 1 aromatic heterocycles. The van der Waals surface area contributed by atoms with Gasteiger partial charge in [-0.05, 0) is 42.6 Å². The van der Waals surface area contributed by atoms with E-state index in [2.05, 4.69) is 33.4 Å². The molecule has 0 aliphatic carbocycles. The van der Waals surface area contributed by atoms with Crippen molar-refractivity contribution >= 4 is 26.8 Å². The molecule has 1 unspecified atom stereocenters. The Balaban J connectivity index is 2.26. The molecule has 0 radical (unpaired) electrons. The summed E-state index contributed by atoms with van der Waals surface area (Å²) in [5.74, 6) is 0.354. The maximum absolute atomic E-state index is 12.4. The first-order valence-corrected chi connectivity index (χ1v) is 6.96. The predicted octanol–water partition coefficient (Wildman–Crippen LogP) is 2.38. The van der Waals surface area contributed by atoms with Crippen LogP contribution in [0.15, 0.2) is 33.5 Å². The average molecular weight is 307 g/mol. The number of fused-ring (bicyclic) bond motifs is 1. The molecule has 2 heterocycles. The minimum absolute atomic E-state index is 0.138. The maximum atomic E-state index is 12.4. The second kappa shape index (κ2) is 4.52. The van der Waals surface area contributed by atoms with Gasteiger partial charge in [-0.25, -0.2) is 0 Å². The molecule has 18 heavy (non-hydrogen) atoms. The van der Waals surface area contributed by atoms with Crippen molar-refractivity contribution in [2.75, 3.05) is 13.1 Å². The summed E-state index contributed by atoms with van der Waals surface area (Å²) in [6.45, 7) is 1.92. The van der Waals surface area contributed by atoms with Gasteiger partial charge in [-0.3, -0.25) is 4.79 Å². The molecule has 1 aliphatic heterocycles. The zero-order valence-corrected chi connectivity index (χ0v) is 11.8. The molecule has 2 aromatic rings. The van der Waals surface area contributed by atoms with Gasteiger partial charge in [0, 0.05) is 29.5 Å². The lowest BCUT2D eigenvalue weighted by molar-refractivity contribution is 0.734. The van der Waals surface area contributed by atoms with Crippen LogP contribution >= 0.6 is 15.9 Å². The Morgan fingerprint density at radius 3 is 2.94 bits per heavy atom. The predicted molar refractivity (Wildman–Crippen MR) is 77.1 cm³/mol. The third-order valence-corrected chi connectivity index (χ3v) is 4.21. The summed E-state index contributed by atoms with van der Waals surface area (Å²) in [6.07, 6.45) is 1.05. The Hall–Kier alpha value is -1.13. The van der Waals surface area contributed by atoms with E-state index >= 15 is 0 Å². The number of nitrogens with one attached hydrogen (secondary N) is 1. The highest BCUT2D eigenvalue weighted by molar-refractivity contribution is 9.10. The van der Waals surface area contributed by atoms with Crippen molar-refractivity contribution in [3.63, 3.8) is 0 Å². The second-order valence-corrected chi connectivity index (χ2v) is 5.77. The molecule has 4 heteroatoms. The van der Waals surface area contributed by atoms with Crippen LogP contribution in [0.5, 0.6) is 0 Å². The van der Waals surface area contributed by atoms with E-state index in [-0.39, 0.29) is 5.56 Å². The van der Waals surface area contributed by atoms with Gasteiger partial charge in [-0.15, -0.1) is 0 Å². The van der Waals surface area contributed by atoms with Gasteiger partial charge in [-0.1, -0.05) is 15.9 Å². The topological polar surface area (TPSA) is 34.0 Å². The van der Waals surface area contributed by atoms with E-state index in [4.69, 9.17) is 0 Å². The van der Waals surface area contributed by atoms with E-state index < -0.39 is 0 Å². The van der Waals surface area contributed by atoms with Gasteiger partial charge in [0.05, 0.1) is 5.52 Å². The van der Waals surface area contributed by atoms with Crippen molar-refractivity contribution in [3.8, 4) is 0 Å². The molecule has 3 rings (SSSR count). The van der Waals surface area contributed by atoms with Crippen molar-refractivity contribution in [2.45, 2.75) is 12.3 Å². The van der Waals surface area contributed by atoms with E-state index in [0.717, 1.165) is 40.4 Å². The quantitative estimate of drug-likeness (QED) is 0.878. The first-order valence-electron chi connectivity index (χ1n) is 6.17. The molecular formula is C14H15BrN2O. The monoisotopic (exact) mass is 306 g/mol. The Morgan fingerprint density at radius 2 is 2.22 bits per heavy atom. The summed E-state index contributed by atoms with van der Waals surface area (Å²) in [6, 6.07) is 8.08. The summed E-state index contributed by atoms with van der Waals surface area (Å²) in [4.78, 5) is 12.4. The molecule has 0 spiro atoms. The van der Waals surface area contributed by atoms with Crippen LogP contribution in [0.4, 0.5) is 0 Å². The van der Waals surface area contributed by atoms with Crippen LogP contribution < -0.4 is 10.9 Å². The van der Waals surface area contributed by atoms with Crippen LogP contribution in [0.25, 0.3) is 10.9 Å². The molecule has 1 aromatic carbocycles. The van der Waals surface area contributed by atoms with Crippen LogP contribution in [-0.4, -0.2) is 17.7 Å². The Kier molecular flexibility index (Phi) is 2.99. The van der Waals surface area contributed by atoms with Gasteiger partial charge in [0.1, 0.15) is 0 Å². The fourth-order valence-electron chi connectivity index (χ4n) is 2.69. The molecular weight excluding hydrogens is 292 g/mol. The van der Waals surface area contributed by atoms with Gasteiger partial charge in [0.2, 0.25) is 0 Å². The summed E-state index contributed by atoms with van der Waals surface area (Å²) in [5.41, 5.74) is 2.06. The molecule has 1 atom stereocenters. The zero-order chi connectivity index (χ0) is 12.7. The molecule has 0 saturated carbocycles. The van der Waals surface area contributed by atoms with Crippen molar-refractivity contribution in [2.24, 2.45) is 7.05 Å². The number of halogens is 1. The number of aromatic nitrogens is 1. The molecule has 94 valence electrons. The molecule has 1 fully saturated rings. The first kappa shape index (κ1) is 11.9. The lowest BCUT2D eigenvalue weighted by atomic mass is 9.98. The first-order chi connectivity index (χ1) is 8.66. The molecule has 0 amide bonds. The van der Waals surface area contributed by atoms with Crippen molar-refractivity contribution < 1.29 is 0 Å².